The van der Waals surface area contributed by atoms with E-state index in [0.717, 1.165) is 0 Å². The summed E-state index contributed by atoms with van der Waals surface area (Å²) in [6.45, 7) is 3.98. The summed E-state index contributed by atoms with van der Waals surface area (Å²) in [4.78, 5) is 12.5. The van der Waals surface area contributed by atoms with Gasteiger partial charge in [-0.05, 0) is 55.8 Å². The van der Waals surface area contributed by atoms with Crippen molar-refractivity contribution >= 4 is 21.7 Å². The number of rotatable bonds is 9. The molecular weight excluding hydrogens is 414 g/mol. The molecule has 0 amide bonds. The molecule has 0 saturated carbocycles. The molecule has 0 bridgehead atoms. The van der Waals surface area contributed by atoms with E-state index in [1.54, 1.807) is 50.2 Å². The van der Waals surface area contributed by atoms with E-state index in [0.29, 0.717) is 17.0 Å². The Balaban J connectivity index is 1.73. The number of hydrogen-bond acceptors (Lipinski definition) is 5. The Morgan fingerprint density at radius 2 is 1.55 bits per heavy atom. The highest BCUT2D eigenvalue weighted by Crippen LogP contribution is 2.26. The van der Waals surface area contributed by atoms with Crippen LogP contribution in [0.15, 0.2) is 83.8 Å². The predicted molar refractivity (Wildman–Crippen MR) is 120 cm³/mol. The van der Waals surface area contributed by atoms with Gasteiger partial charge in [0.1, 0.15) is 19.0 Å². The summed E-state index contributed by atoms with van der Waals surface area (Å²) in [5, 5.41) is 0. The van der Waals surface area contributed by atoms with Crippen LogP contribution in [-0.2, 0) is 14.8 Å². The molecule has 0 heterocycles. The van der Waals surface area contributed by atoms with Crippen LogP contribution in [-0.4, -0.2) is 34.1 Å². The van der Waals surface area contributed by atoms with Gasteiger partial charge in [-0.2, -0.15) is 0 Å². The number of carbonyl (C=O) groups excluding carboxylic acids is 1. The van der Waals surface area contributed by atoms with Gasteiger partial charge in [-0.3, -0.25) is 4.31 Å². The number of carbonyl (C=O) groups is 1. The summed E-state index contributed by atoms with van der Waals surface area (Å²) in [5.41, 5.74) is 1.29. The van der Waals surface area contributed by atoms with Crippen LogP contribution in [0.25, 0.3) is 0 Å². The number of aryl methyl sites for hydroxylation is 1. The summed E-state index contributed by atoms with van der Waals surface area (Å²) in [7, 11) is -3.85. The lowest BCUT2D eigenvalue weighted by Crippen LogP contribution is -2.31. The quantitative estimate of drug-likeness (QED) is 0.364. The third-order valence-electron chi connectivity index (χ3n) is 4.65. The highest BCUT2D eigenvalue weighted by atomic mass is 32.2. The van der Waals surface area contributed by atoms with Gasteiger partial charge in [0.25, 0.3) is 10.0 Å². The van der Waals surface area contributed by atoms with E-state index in [2.05, 4.69) is 0 Å². The van der Waals surface area contributed by atoms with Crippen molar-refractivity contribution in [3.63, 3.8) is 0 Å². The Bertz CT molecular complexity index is 1120. The zero-order chi connectivity index (χ0) is 22.3. The number of anilines is 1. The molecule has 0 atom stereocenters. The summed E-state index contributed by atoms with van der Waals surface area (Å²) >= 11 is 0. The van der Waals surface area contributed by atoms with Crippen LogP contribution >= 0.6 is 0 Å². The first-order valence-electron chi connectivity index (χ1n) is 9.97. The minimum absolute atomic E-state index is 0.0504. The molecular formula is C24H25NO5S. The first kappa shape index (κ1) is 22.4. The van der Waals surface area contributed by atoms with Crippen molar-refractivity contribution in [3.05, 3.63) is 90.0 Å². The van der Waals surface area contributed by atoms with E-state index < -0.39 is 16.0 Å². The number of ether oxygens (including phenoxy) is 2. The minimum atomic E-state index is -3.85. The van der Waals surface area contributed by atoms with Crippen LogP contribution in [0.4, 0.5) is 5.69 Å². The van der Waals surface area contributed by atoms with E-state index in [9.17, 15) is 13.2 Å². The lowest BCUT2D eigenvalue weighted by molar-refractivity contribution is 0.0450. The van der Waals surface area contributed by atoms with Gasteiger partial charge in [0, 0.05) is 6.54 Å². The molecule has 3 rings (SSSR count). The van der Waals surface area contributed by atoms with Crippen molar-refractivity contribution in [2.75, 3.05) is 24.1 Å². The first-order chi connectivity index (χ1) is 14.9. The third-order valence-corrected chi connectivity index (χ3v) is 6.70. The van der Waals surface area contributed by atoms with E-state index in [4.69, 9.17) is 9.47 Å². The van der Waals surface area contributed by atoms with Gasteiger partial charge in [0.2, 0.25) is 0 Å². The lowest BCUT2D eigenvalue weighted by Gasteiger charge is -2.24. The van der Waals surface area contributed by atoms with Crippen LogP contribution in [0.5, 0.6) is 5.75 Å². The molecule has 162 valence electrons. The second-order valence-electron chi connectivity index (χ2n) is 6.78. The Hall–Kier alpha value is -3.32. The molecule has 0 aliphatic heterocycles. The normalized spacial score (nSPS) is 11.0. The van der Waals surface area contributed by atoms with E-state index in [-0.39, 0.29) is 30.2 Å². The molecule has 0 saturated heterocycles. The van der Waals surface area contributed by atoms with Crippen molar-refractivity contribution in [1.29, 1.82) is 0 Å². The zero-order valence-electron chi connectivity index (χ0n) is 17.5. The molecule has 6 nitrogen and oxygen atoms in total. The van der Waals surface area contributed by atoms with Crippen LogP contribution in [0.3, 0.4) is 0 Å². The van der Waals surface area contributed by atoms with Crippen LogP contribution in [0.1, 0.15) is 22.8 Å². The monoisotopic (exact) mass is 439 g/mol. The number of esters is 1. The Morgan fingerprint density at radius 3 is 2.19 bits per heavy atom. The standard InChI is InChI=1S/C24H25NO5S/c1-3-25(21-10-6-4-7-11-21)31(27,28)23-18-20(15-14-19(23)2)24(26)30-17-16-29-22-12-8-5-9-13-22/h4-15,18H,3,16-17H2,1-2H3. The number of para-hydroxylation sites is 2. The molecule has 0 aliphatic carbocycles. The molecule has 0 spiro atoms. The molecule has 3 aromatic carbocycles. The Labute approximate surface area is 183 Å². The topological polar surface area (TPSA) is 72.9 Å². The van der Waals surface area contributed by atoms with Crippen molar-refractivity contribution < 1.29 is 22.7 Å². The molecule has 7 heteroatoms. The predicted octanol–water partition coefficient (Wildman–Crippen LogP) is 4.45. The number of benzene rings is 3. The largest absolute Gasteiger partial charge is 0.490 e. The first-order valence-corrected chi connectivity index (χ1v) is 11.4. The van der Waals surface area contributed by atoms with E-state index in [1.165, 1.54) is 10.4 Å². The van der Waals surface area contributed by atoms with Crippen LogP contribution in [0, 0.1) is 6.92 Å². The fourth-order valence-corrected chi connectivity index (χ4v) is 4.83. The molecule has 0 fully saturated rings. The highest BCUT2D eigenvalue weighted by molar-refractivity contribution is 7.92. The van der Waals surface area contributed by atoms with E-state index >= 15 is 0 Å². The van der Waals surface area contributed by atoms with Gasteiger partial charge in [0.15, 0.2) is 0 Å². The minimum Gasteiger partial charge on any atom is -0.490 e. The number of nitrogens with zero attached hydrogens (tertiary/aromatic N) is 1. The van der Waals surface area contributed by atoms with Crippen LogP contribution in [0.2, 0.25) is 0 Å². The fraction of sp³-hybridized carbons (Fsp3) is 0.208. The summed E-state index contributed by atoms with van der Waals surface area (Å²) in [6, 6.07) is 22.6. The second-order valence-corrected chi connectivity index (χ2v) is 8.61. The van der Waals surface area contributed by atoms with Crippen LogP contribution < -0.4 is 9.04 Å². The fourth-order valence-electron chi connectivity index (χ4n) is 3.10. The van der Waals surface area contributed by atoms with Gasteiger partial charge in [-0.25, -0.2) is 13.2 Å². The smallest absolute Gasteiger partial charge is 0.338 e. The molecule has 31 heavy (non-hydrogen) atoms. The second kappa shape index (κ2) is 10.1. The maximum absolute atomic E-state index is 13.3. The van der Waals surface area contributed by atoms with Gasteiger partial charge in [-0.1, -0.05) is 42.5 Å². The molecule has 0 N–H and O–H groups in total. The van der Waals surface area contributed by atoms with Crippen molar-refractivity contribution in [1.82, 2.24) is 0 Å². The summed E-state index contributed by atoms with van der Waals surface area (Å²) in [6.07, 6.45) is 0. The molecule has 0 unspecified atom stereocenters. The van der Waals surface area contributed by atoms with Crippen molar-refractivity contribution in [2.24, 2.45) is 0 Å². The number of sulfonamides is 1. The molecule has 0 aliphatic rings. The van der Waals surface area contributed by atoms with Gasteiger partial charge >= 0.3 is 5.97 Å². The van der Waals surface area contributed by atoms with E-state index in [1.807, 2.05) is 36.4 Å². The van der Waals surface area contributed by atoms with Gasteiger partial charge in [-0.15, -0.1) is 0 Å². The SMILES string of the molecule is CCN(c1ccccc1)S(=O)(=O)c1cc(C(=O)OCCOc2ccccc2)ccc1C. The average Bonchev–Trinajstić information content (AvgIpc) is 2.78. The number of hydrogen-bond donors (Lipinski definition) is 0. The van der Waals surface area contributed by atoms with Crippen molar-refractivity contribution in [2.45, 2.75) is 18.7 Å². The van der Waals surface area contributed by atoms with Gasteiger partial charge in [0.05, 0.1) is 16.1 Å². The maximum atomic E-state index is 13.3. The van der Waals surface area contributed by atoms with Crippen molar-refractivity contribution in [3.8, 4) is 5.75 Å². The molecule has 0 radical (unpaired) electrons. The third kappa shape index (κ3) is 5.44. The molecule has 3 aromatic rings. The molecule has 0 aromatic heterocycles. The summed E-state index contributed by atoms with van der Waals surface area (Å²) in [5.74, 6) is 0.0821. The van der Waals surface area contributed by atoms with Gasteiger partial charge < -0.3 is 9.47 Å². The zero-order valence-corrected chi connectivity index (χ0v) is 18.3. The Kier molecular flexibility index (Phi) is 7.31. The lowest BCUT2D eigenvalue weighted by atomic mass is 10.1. The summed E-state index contributed by atoms with van der Waals surface area (Å²) < 4.78 is 38.7. The highest BCUT2D eigenvalue weighted by Gasteiger charge is 2.26. The Morgan fingerprint density at radius 1 is 0.903 bits per heavy atom. The average molecular weight is 440 g/mol. The maximum Gasteiger partial charge on any atom is 0.338 e.